The van der Waals surface area contributed by atoms with Crippen LogP contribution in [0, 0.1) is 6.92 Å². The van der Waals surface area contributed by atoms with Crippen molar-refractivity contribution in [3.63, 3.8) is 0 Å². The molecule has 0 saturated carbocycles. The van der Waals surface area contributed by atoms with Crippen molar-refractivity contribution in [1.82, 2.24) is 14.8 Å². The number of halogens is 2. The second-order valence-corrected chi connectivity index (χ2v) is 1.89. The van der Waals surface area contributed by atoms with E-state index >= 15 is 0 Å². The molecule has 0 spiro atoms. The van der Waals surface area contributed by atoms with E-state index in [-0.39, 0.29) is 12.4 Å². The van der Waals surface area contributed by atoms with E-state index in [4.69, 9.17) is 11.6 Å². The Balaban J connectivity index is 0.000000640. The highest BCUT2D eigenvalue weighted by molar-refractivity contribution is 6.28. The third-order valence-corrected chi connectivity index (χ3v) is 1.14. The lowest BCUT2D eigenvalue weighted by atomic mass is 10.8. The van der Waals surface area contributed by atoms with Gasteiger partial charge in [-0.3, -0.25) is 0 Å². The maximum absolute atomic E-state index is 5.52. The second kappa shape index (κ2) is 3.03. The van der Waals surface area contributed by atoms with Gasteiger partial charge in [-0.25, -0.2) is 9.67 Å². The lowest BCUT2D eigenvalue weighted by molar-refractivity contribution is 0.757. The molecule has 9 heavy (non-hydrogen) atoms. The van der Waals surface area contributed by atoms with E-state index in [1.165, 1.54) is 4.68 Å². The van der Waals surface area contributed by atoms with Gasteiger partial charge < -0.3 is 0 Å². The summed E-state index contributed by atoms with van der Waals surface area (Å²) >= 11 is 5.52. The lowest BCUT2D eigenvalue weighted by Gasteiger charge is -1.82. The first kappa shape index (κ1) is 8.72. The molecule has 0 aromatic carbocycles. The van der Waals surface area contributed by atoms with Crippen LogP contribution in [0.25, 0.3) is 0 Å². The van der Waals surface area contributed by atoms with Gasteiger partial charge in [-0.2, -0.15) is 5.10 Å². The van der Waals surface area contributed by atoms with Crippen molar-refractivity contribution in [2.75, 3.05) is 0 Å². The predicted octanol–water partition coefficient (Wildman–Crippen LogP) is 1.20. The highest BCUT2D eigenvalue weighted by atomic mass is 35.5. The van der Waals surface area contributed by atoms with E-state index in [1.807, 2.05) is 0 Å². The lowest BCUT2D eigenvalue weighted by Crippen LogP contribution is -1.88. The van der Waals surface area contributed by atoms with Crippen molar-refractivity contribution in [1.29, 1.82) is 0 Å². The van der Waals surface area contributed by atoms with Crippen LogP contribution >= 0.6 is 24.0 Å². The van der Waals surface area contributed by atoms with Crippen LogP contribution in [-0.4, -0.2) is 14.8 Å². The summed E-state index contributed by atoms with van der Waals surface area (Å²) in [4.78, 5) is 3.83. The molecule has 1 aromatic rings. The summed E-state index contributed by atoms with van der Waals surface area (Å²) in [5.74, 6) is 0.706. The fourth-order valence-electron chi connectivity index (χ4n) is 0.487. The molecule has 1 aromatic heterocycles. The number of hydrogen-bond donors (Lipinski definition) is 0. The van der Waals surface area contributed by atoms with Crippen LogP contribution < -0.4 is 0 Å². The zero-order chi connectivity index (χ0) is 6.15. The van der Waals surface area contributed by atoms with Crippen LogP contribution in [0.5, 0.6) is 0 Å². The molecule has 0 atom stereocenters. The molecule has 0 aliphatic heterocycles. The van der Waals surface area contributed by atoms with E-state index in [9.17, 15) is 0 Å². The van der Waals surface area contributed by atoms with Gasteiger partial charge in [0.15, 0.2) is 0 Å². The van der Waals surface area contributed by atoms with E-state index in [0.29, 0.717) is 11.1 Å². The van der Waals surface area contributed by atoms with E-state index < -0.39 is 0 Å². The van der Waals surface area contributed by atoms with Gasteiger partial charge in [0.05, 0.1) is 0 Å². The van der Waals surface area contributed by atoms with E-state index in [2.05, 4.69) is 10.1 Å². The van der Waals surface area contributed by atoms with Crippen LogP contribution in [0.4, 0.5) is 0 Å². The van der Waals surface area contributed by atoms with Gasteiger partial charge in [0, 0.05) is 7.05 Å². The van der Waals surface area contributed by atoms with Crippen molar-refractivity contribution >= 4 is 24.0 Å². The molecular formula is C4H7Cl2N3. The fourth-order valence-corrected chi connectivity index (χ4v) is 0.647. The maximum Gasteiger partial charge on any atom is 0.220 e. The molecule has 0 saturated heterocycles. The SMILES string of the molecule is Cc1nc(Cl)n(C)n1.Cl. The van der Waals surface area contributed by atoms with Gasteiger partial charge in [0.1, 0.15) is 5.82 Å². The Morgan fingerprint density at radius 1 is 1.56 bits per heavy atom. The normalized spacial score (nSPS) is 8.78. The quantitative estimate of drug-likeness (QED) is 0.582. The molecule has 1 heterocycles. The number of aromatic nitrogens is 3. The topological polar surface area (TPSA) is 30.7 Å². The second-order valence-electron chi connectivity index (χ2n) is 1.55. The minimum Gasteiger partial charge on any atom is -0.239 e. The maximum atomic E-state index is 5.52. The van der Waals surface area contributed by atoms with Crippen molar-refractivity contribution in [3.05, 3.63) is 11.1 Å². The van der Waals surface area contributed by atoms with Crippen LogP contribution in [0.1, 0.15) is 5.82 Å². The molecule has 0 aliphatic rings. The largest absolute Gasteiger partial charge is 0.239 e. The van der Waals surface area contributed by atoms with Crippen molar-refractivity contribution in [2.45, 2.75) is 6.92 Å². The fraction of sp³-hybridized carbons (Fsp3) is 0.500. The summed E-state index contributed by atoms with van der Waals surface area (Å²) in [5, 5.41) is 4.32. The number of aryl methyl sites for hydroxylation is 2. The van der Waals surface area contributed by atoms with E-state index in [1.54, 1.807) is 14.0 Å². The van der Waals surface area contributed by atoms with E-state index in [0.717, 1.165) is 0 Å². The van der Waals surface area contributed by atoms with Gasteiger partial charge >= 0.3 is 0 Å². The standard InChI is InChI=1S/C4H6ClN3.ClH/c1-3-6-4(5)8(2)7-3;/h1-2H3;1H. The Bertz CT molecular complexity index is 176. The molecular weight excluding hydrogens is 161 g/mol. The van der Waals surface area contributed by atoms with Gasteiger partial charge in [0.25, 0.3) is 0 Å². The molecule has 0 N–H and O–H groups in total. The average Bonchev–Trinajstić information content (AvgIpc) is 1.85. The Kier molecular flexibility index (Phi) is 2.94. The highest BCUT2D eigenvalue weighted by Crippen LogP contribution is 2.00. The first-order valence-corrected chi connectivity index (χ1v) is 2.61. The molecule has 0 amide bonds. The highest BCUT2D eigenvalue weighted by Gasteiger charge is 1.95. The average molecular weight is 168 g/mol. The molecule has 52 valence electrons. The summed E-state index contributed by atoms with van der Waals surface area (Å²) in [6, 6.07) is 0. The summed E-state index contributed by atoms with van der Waals surface area (Å²) in [5.41, 5.74) is 0. The van der Waals surface area contributed by atoms with Crippen LogP contribution in [-0.2, 0) is 7.05 Å². The van der Waals surface area contributed by atoms with Crippen LogP contribution in [0.2, 0.25) is 5.28 Å². The first-order chi connectivity index (χ1) is 3.70. The molecule has 0 radical (unpaired) electrons. The summed E-state index contributed by atoms with van der Waals surface area (Å²) in [6.07, 6.45) is 0. The molecule has 5 heteroatoms. The van der Waals surface area contributed by atoms with Gasteiger partial charge in [-0.1, -0.05) is 0 Å². The Labute approximate surface area is 64.4 Å². The molecule has 0 unspecified atom stereocenters. The summed E-state index contributed by atoms with van der Waals surface area (Å²) < 4.78 is 1.52. The minimum atomic E-state index is 0. The van der Waals surface area contributed by atoms with Crippen LogP contribution in [0.15, 0.2) is 0 Å². The number of nitrogens with zero attached hydrogens (tertiary/aromatic N) is 3. The monoisotopic (exact) mass is 167 g/mol. The molecule has 1 rings (SSSR count). The summed E-state index contributed by atoms with van der Waals surface area (Å²) in [7, 11) is 1.75. The number of rotatable bonds is 0. The zero-order valence-electron chi connectivity index (χ0n) is 5.13. The van der Waals surface area contributed by atoms with Crippen molar-refractivity contribution < 1.29 is 0 Å². The Hall–Kier alpha value is -0.280. The minimum absolute atomic E-state index is 0. The Morgan fingerprint density at radius 2 is 2.11 bits per heavy atom. The predicted molar refractivity (Wildman–Crippen MR) is 38.0 cm³/mol. The summed E-state index contributed by atoms with van der Waals surface area (Å²) in [6.45, 7) is 1.80. The zero-order valence-corrected chi connectivity index (χ0v) is 6.70. The van der Waals surface area contributed by atoms with Crippen molar-refractivity contribution in [2.24, 2.45) is 7.05 Å². The third kappa shape index (κ3) is 1.84. The molecule has 0 bridgehead atoms. The molecule has 0 aliphatic carbocycles. The smallest absolute Gasteiger partial charge is 0.220 e. The van der Waals surface area contributed by atoms with Gasteiger partial charge in [0.2, 0.25) is 5.28 Å². The molecule has 0 fully saturated rings. The Morgan fingerprint density at radius 3 is 2.22 bits per heavy atom. The number of hydrogen-bond acceptors (Lipinski definition) is 2. The first-order valence-electron chi connectivity index (χ1n) is 2.23. The van der Waals surface area contributed by atoms with Gasteiger partial charge in [-0.05, 0) is 18.5 Å². The van der Waals surface area contributed by atoms with Gasteiger partial charge in [-0.15, -0.1) is 12.4 Å². The molecule has 3 nitrogen and oxygen atoms in total. The van der Waals surface area contributed by atoms with Crippen LogP contribution in [0.3, 0.4) is 0 Å². The third-order valence-electron chi connectivity index (χ3n) is 0.816. The van der Waals surface area contributed by atoms with Crippen molar-refractivity contribution in [3.8, 4) is 0 Å².